The van der Waals surface area contributed by atoms with Gasteiger partial charge in [-0.2, -0.15) is 18.4 Å². The number of alkyl halides is 3. The first-order valence-corrected chi connectivity index (χ1v) is 24.6. The van der Waals surface area contributed by atoms with Crippen molar-refractivity contribution >= 4 is 39.9 Å². The zero-order chi connectivity index (χ0) is 54.1. The van der Waals surface area contributed by atoms with Gasteiger partial charge in [-0.25, -0.2) is 4.68 Å². The molecule has 19 nitrogen and oxygen atoms in total. The Labute approximate surface area is 440 Å². The first kappa shape index (κ1) is 56.7. The van der Waals surface area contributed by atoms with Crippen molar-refractivity contribution in [1.29, 1.82) is 5.26 Å². The van der Waals surface area contributed by atoms with Gasteiger partial charge in [0.05, 0.1) is 134 Å². The number of aromatic nitrogens is 3. The molecular weight excluding hydrogens is 1020 g/mol. The van der Waals surface area contributed by atoms with Gasteiger partial charge in [0.25, 0.3) is 5.91 Å². The fraction of sp³-hybridized carbons (Fsp3) is 0.396. The van der Waals surface area contributed by atoms with Crippen molar-refractivity contribution in [3.8, 4) is 45.7 Å². The zero-order valence-electron chi connectivity index (χ0n) is 41.8. The second-order valence-electron chi connectivity index (χ2n) is 17.4. The van der Waals surface area contributed by atoms with Crippen molar-refractivity contribution in [1.82, 2.24) is 19.9 Å². The van der Waals surface area contributed by atoms with Gasteiger partial charge in [0, 0.05) is 24.2 Å². The molecule has 0 saturated carbocycles. The van der Waals surface area contributed by atoms with Crippen LogP contribution in [0.2, 0.25) is 0 Å². The van der Waals surface area contributed by atoms with Crippen LogP contribution in [-0.2, 0) is 57.2 Å². The van der Waals surface area contributed by atoms with Crippen LogP contribution in [-0.4, -0.2) is 146 Å². The van der Waals surface area contributed by atoms with Gasteiger partial charge in [-0.15, -0.1) is 5.10 Å². The summed E-state index contributed by atoms with van der Waals surface area (Å²) in [6.07, 6.45) is -1.68. The number of ether oxygens (including phenoxy) is 8. The Kier molecular flexibility index (Phi) is 20.3. The summed E-state index contributed by atoms with van der Waals surface area (Å²) in [6, 6.07) is 21.1. The van der Waals surface area contributed by atoms with Crippen LogP contribution in [0.15, 0.2) is 101 Å². The monoisotopic (exact) mass is 1070 g/mol. The Balaban J connectivity index is 0.651. The summed E-state index contributed by atoms with van der Waals surface area (Å²) in [7, 11) is 0. The SMILES string of the molecule is CC1(C)C(=O)N(c2ccc(C#N)c(C(F)(F)F)c2)C(=S)N1Cc1ccc(-c2cn(CCOCCOCCOCCOCCOCCOCCOCCOc3cc(O)c4c(=O)c(-c5ccc(O)cc5)coc4c3)nn2)cc1. The molecule has 2 N–H and O–H groups in total. The van der Waals surface area contributed by atoms with E-state index >= 15 is 0 Å². The average molecular weight is 1080 g/mol. The quantitative estimate of drug-likeness (QED) is 0.0338. The molecule has 1 saturated heterocycles. The van der Waals surface area contributed by atoms with Crippen LogP contribution in [0, 0.1) is 11.3 Å². The van der Waals surface area contributed by atoms with Crippen LogP contribution in [0.25, 0.3) is 33.4 Å². The zero-order valence-corrected chi connectivity index (χ0v) is 42.6. The van der Waals surface area contributed by atoms with Crippen molar-refractivity contribution in [3.63, 3.8) is 0 Å². The normalized spacial score (nSPS) is 13.5. The lowest BCUT2D eigenvalue weighted by Crippen LogP contribution is -2.43. The minimum absolute atomic E-state index is 0.0328. The molecule has 3 heterocycles. The molecule has 0 unspecified atom stereocenters. The summed E-state index contributed by atoms with van der Waals surface area (Å²) >= 11 is 5.63. The number of carbonyl (C=O) groups excluding carboxylic acids is 1. The van der Waals surface area contributed by atoms with Crippen LogP contribution in [0.5, 0.6) is 17.2 Å². The molecule has 0 bridgehead atoms. The van der Waals surface area contributed by atoms with Gasteiger partial charge in [0.2, 0.25) is 5.43 Å². The number of fused-ring (bicyclic) bond motifs is 1. The van der Waals surface area contributed by atoms with E-state index in [9.17, 15) is 38.2 Å². The lowest BCUT2D eigenvalue weighted by atomic mass is 10.0. The summed E-state index contributed by atoms with van der Waals surface area (Å²) in [5.74, 6) is -0.366. The Hall–Kier alpha value is -7.01. The van der Waals surface area contributed by atoms with E-state index in [2.05, 4.69) is 10.3 Å². The number of carbonyl (C=O) groups is 1. The number of rotatable bonds is 30. The largest absolute Gasteiger partial charge is 0.508 e. The number of thiocarbonyl (C=S) groups is 1. The lowest BCUT2D eigenvalue weighted by Gasteiger charge is -2.29. The standard InChI is InChI=1S/C53H57F3N6O13S/c1-52(2)50(66)62(40-10-7-39(32-57)44(29-40)53(54,55)56)51(76)61(52)33-36-3-5-38(6-4-36)45-34-60(59-58-45)13-14-67-15-16-68-17-18-69-19-20-70-21-22-71-23-24-72-25-26-73-27-28-74-42-30-46(64)48-47(31-42)75-35-43(49(48)65)37-8-11-41(63)12-9-37/h3-12,29-31,34-35,63-64H,13-28,33H2,1-2H3. The number of phenolic OH excluding ortho intramolecular Hbond substituents is 2. The predicted molar refractivity (Wildman–Crippen MR) is 274 cm³/mol. The number of nitriles is 1. The van der Waals surface area contributed by atoms with Gasteiger partial charge in [0.1, 0.15) is 52.3 Å². The number of benzene rings is 4. The maximum absolute atomic E-state index is 13.7. The lowest BCUT2D eigenvalue weighted by molar-refractivity contribution is -0.137. The highest BCUT2D eigenvalue weighted by atomic mass is 32.1. The first-order chi connectivity index (χ1) is 36.6. The number of hydrogen-bond acceptors (Lipinski definition) is 17. The minimum atomic E-state index is -4.79. The van der Waals surface area contributed by atoms with Gasteiger partial charge in [-0.05, 0) is 67.5 Å². The number of hydrogen-bond donors (Lipinski definition) is 2. The molecule has 7 rings (SSSR count). The molecule has 404 valence electrons. The van der Waals surface area contributed by atoms with Gasteiger partial charge in [0.15, 0.2) is 5.11 Å². The highest BCUT2D eigenvalue weighted by Crippen LogP contribution is 2.39. The van der Waals surface area contributed by atoms with E-state index in [0.717, 1.165) is 28.2 Å². The second-order valence-corrected chi connectivity index (χ2v) is 17.8. The maximum atomic E-state index is 13.7. The first-order valence-electron chi connectivity index (χ1n) is 24.2. The molecule has 4 aromatic carbocycles. The fourth-order valence-corrected chi connectivity index (χ4v) is 8.25. The number of aromatic hydroxyl groups is 2. The van der Waals surface area contributed by atoms with Crippen LogP contribution in [0.4, 0.5) is 18.9 Å². The van der Waals surface area contributed by atoms with Crippen molar-refractivity contribution in [2.45, 2.75) is 38.7 Å². The number of anilines is 1. The summed E-state index contributed by atoms with van der Waals surface area (Å²) in [6.45, 7) is 9.66. The molecule has 0 atom stereocenters. The van der Waals surface area contributed by atoms with E-state index in [1.165, 1.54) is 36.6 Å². The van der Waals surface area contributed by atoms with Gasteiger partial charge in [-0.1, -0.05) is 41.6 Å². The van der Waals surface area contributed by atoms with E-state index in [-0.39, 0.29) is 58.6 Å². The Morgan fingerprint density at radius 1 is 0.724 bits per heavy atom. The van der Waals surface area contributed by atoms with E-state index in [1.807, 2.05) is 24.3 Å². The summed E-state index contributed by atoms with van der Waals surface area (Å²) in [5.41, 5.74) is -0.0773. The topological polar surface area (TPSA) is 223 Å². The van der Waals surface area contributed by atoms with Gasteiger partial charge < -0.3 is 57.4 Å². The van der Waals surface area contributed by atoms with E-state index in [1.54, 1.807) is 47.8 Å². The Bertz CT molecular complexity index is 2980. The van der Waals surface area contributed by atoms with E-state index in [4.69, 9.17) is 54.5 Å². The Morgan fingerprint density at radius 3 is 1.84 bits per heavy atom. The van der Waals surface area contributed by atoms with Crippen molar-refractivity contribution in [2.24, 2.45) is 0 Å². The van der Waals surface area contributed by atoms with Crippen LogP contribution >= 0.6 is 12.2 Å². The van der Waals surface area contributed by atoms with E-state index in [0.29, 0.717) is 109 Å². The van der Waals surface area contributed by atoms with Crippen LogP contribution in [0.1, 0.15) is 30.5 Å². The van der Waals surface area contributed by atoms with Crippen LogP contribution < -0.4 is 15.1 Å². The number of nitrogens with zero attached hydrogens (tertiary/aromatic N) is 6. The van der Waals surface area contributed by atoms with Gasteiger partial charge in [-0.3, -0.25) is 14.5 Å². The molecule has 6 aromatic rings. The Morgan fingerprint density at radius 2 is 1.28 bits per heavy atom. The highest BCUT2D eigenvalue weighted by molar-refractivity contribution is 7.80. The smallest absolute Gasteiger partial charge is 0.417 e. The fourth-order valence-electron chi connectivity index (χ4n) is 7.76. The highest BCUT2D eigenvalue weighted by Gasteiger charge is 2.50. The molecular formula is C53H57F3N6O13S. The minimum Gasteiger partial charge on any atom is -0.508 e. The average Bonchev–Trinajstić information content (AvgIpc) is 3.96. The number of phenols is 2. The summed E-state index contributed by atoms with van der Waals surface area (Å²) in [4.78, 5) is 29.3. The third kappa shape index (κ3) is 15.1. The molecule has 1 aliphatic rings. The molecule has 76 heavy (non-hydrogen) atoms. The second kappa shape index (κ2) is 27.2. The van der Waals surface area contributed by atoms with Crippen molar-refractivity contribution in [2.75, 3.05) is 104 Å². The molecule has 1 amide bonds. The molecule has 0 aliphatic carbocycles. The number of amides is 1. The molecule has 1 fully saturated rings. The molecule has 23 heteroatoms. The molecule has 2 aromatic heterocycles. The molecule has 1 aliphatic heterocycles. The third-order valence-corrected chi connectivity index (χ3v) is 12.2. The van der Waals surface area contributed by atoms with Crippen LogP contribution in [0.3, 0.4) is 0 Å². The predicted octanol–water partition coefficient (Wildman–Crippen LogP) is 7.13. The molecule has 0 radical (unpaired) electrons. The summed E-state index contributed by atoms with van der Waals surface area (Å²) in [5, 5.41) is 37.8. The van der Waals surface area contributed by atoms with E-state index < -0.39 is 34.2 Å². The summed E-state index contributed by atoms with van der Waals surface area (Å²) < 4.78 is 93.0. The number of halogens is 3. The van der Waals surface area contributed by atoms with Gasteiger partial charge >= 0.3 is 6.18 Å². The molecule has 0 spiro atoms. The third-order valence-electron chi connectivity index (χ3n) is 11.8. The van der Waals surface area contributed by atoms with Crippen molar-refractivity contribution in [3.05, 3.63) is 118 Å². The van der Waals surface area contributed by atoms with Crippen molar-refractivity contribution < 1.29 is 70.5 Å². The maximum Gasteiger partial charge on any atom is 0.417 e.